The number of carboxylic acid groups (broad SMARTS) is 1. The van der Waals surface area contributed by atoms with Crippen LogP contribution in [0.15, 0.2) is 42.5 Å². The van der Waals surface area contributed by atoms with Gasteiger partial charge in [0.2, 0.25) is 11.8 Å². The van der Waals surface area contributed by atoms with Gasteiger partial charge in [-0.3, -0.25) is 9.59 Å². The first-order valence-corrected chi connectivity index (χ1v) is 18.3. The summed E-state index contributed by atoms with van der Waals surface area (Å²) in [5.74, 6) is 1.56. The summed E-state index contributed by atoms with van der Waals surface area (Å²) in [5, 5.41) is 15.6. The predicted octanol–water partition coefficient (Wildman–Crippen LogP) is 8.29. The Morgan fingerprint density at radius 3 is 2.15 bits per heavy atom. The van der Waals surface area contributed by atoms with Crippen molar-refractivity contribution in [2.75, 3.05) is 13.1 Å². The number of hydrogen-bond donors (Lipinski definition) is 3. The lowest BCUT2D eigenvalue weighted by atomic mass is 9.32. The van der Waals surface area contributed by atoms with Crippen LogP contribution < -0.4 is 10.6 Å². The van der Waals surface area contributed by atoms with Gasteiger partial charge in [0.1, 0.15) is 0 Å². The zero-order valence-electron chi connectivity index (χ0n) is 29.9. The lowest BCUT2D eigenvalue weighted by molar-refractivity contribution is -0.225. The van der Waals surface area contributed by atoms with E-state index in [9.17, 15) is 19.5 Å². The maximum Gasteiger partial charge on any atom is 0.335 e. The fourth-order valence-electron chi connectivity index (χ4n) is 13.0. The highest BCUT2D eigenvalue weighted by Gasteiger charge is 2.71. The SMILES string of the molecule is C=C(C)[C@@H]1CC[C@]2(C(=O)NCCNC(C)=O)CC[C@]3(C)C(CCC4[C@@]5(C)CC=C(c6ccc(C(=O)O)cc6)C(C)(C)C5CC[C@]43C)C12. The van der Waals surface area contributed by atoms with Crippen molar-refractivity contribution in [3.8, 4) is 0 Å². The topological polar surface area (TPSA) is 95.5 Å². The van der Waals surface area contributed by atoms with Crippen LogP contribution in [0.3, 0.4) is 0 Å². The predicted molar refractivity (Wildman–Crippen MR) is 187 cm³/mol. The molecule has 6 rings (SSSR count). The van der Waals surface area contributed by atoms with Crippen molar-refractivity contribution in [2.45, 2.75) is 106 Å². The molecule has 4 fully saturated rings. The van der Waals surface area contributed by atoms with E-state index in [4.69, 9.17) is 0 Å². The molecule has 0 aliphatic heterocycles. The second-order valence-corrected chi connectivity index (χ2v) is 17.5. The lowest BCUT2D eigenvalue weighted by Crippen LogP contribution is -2.66. The van der Waals surface area contributed by atoms with Gasteiger partial charge in [-0.2, -0.15) is 0 Å². The van der Waals surface area contributed by atoms with Crippen LogP contribution in [0.4, 0.5) is 0 Å². The highest BCUT2D eigenvalue weighted by atomic mass is 16.4. The second-order valence-electron chi connectivity index (χ2n) is 17.5. The molecule has 6 nitrogen and oxygen atoms in total. The number of hydrogen-bond acceptors (Lipinski definition) is 3. The number of amides is 2. The van der Waals surface area contributed by atoms with Crippen LogP contribution in [0.5, 0.6) is 0 Å². The van der Waals surface area contributed by atoms with Gasteiger partial charge in [-0.15, -0.1) is 0 Å². The molecule has 0 bridgehead atoms. The van der Waals surface area contributed by atoms with Crippen LogP contribution in [0, 0.1) is 56.7 Å². The summed E-state index contributed by atoms with van der Waals surface area (Å²) in [5.41, 5.74) is 4.21. The first kappa shape index (κ1) is 34.0. The molecule has 1 aromatic rings. The third-order valence-corrected chi connectivity index (χ3v) is 15.3. The first-order valence-electron chi connectivity index (χ1n) is 18.3. The average molecular weight is 643 g/mol. The van der Waals surface area contributed by atoms with E-state index in [1.165, 1.54) is 43.8 Å². The Balaban J connectivity index is 1.31. The molecule has 2 amide bonds. The Hall–Kier alpha value is -2.89. The van der Waals surface area contributed by atoms with Gasteiger partial charge in [0, 0.05) is 20.0 Å². The molecule has 0 radical (unpaired) electrons. The Kier molecular flexibility index (Phi) is 8.40. The van der Waals surface area contributed by atoms with Gasteiger partial charge in [-0.05, 0) is 139 Å². The molecule has 5 aliphatic rings. The molecular formula is C41H58N2O4. The summed E-state index contributed by atoms with van der Waals surface area (Å²) >= 11 is 0. The van der Waals surface area contributed by atoms with Crippen molar-refractivity contribution in [2.24, 2.45) is 56.7 Å². The van der Waals surface area contributed by atoms with Crippen molar-refractivity contribution < 1.29 is 19.5 Å². The molecule has 6 heteroatoms. The average Bonchev–Trinajstić information content (AvgIpc) is 3.41. The molecule has 0 aromatic heterocycles. The van der Waals surface area contributed by atoms with Gasteiger partial charge in [-0.1, -0.05) is 65.0 Å². The number of rotatable bonds is 7. The number of benzene rings is 1. The number of aromatic carboxylic acids is 1. The summed E-state index contributed by atoms with van der Waals surface area (Å²) in [4.78, 5) is 37.1. The quantitative estimate of drug-likeness (QED) is 0.206. The van der Waals surface area contributed by atoms with Crippen molar-refractivity contribution in [1.82, 2.24) is 10.6 Å². The molecule has 47 heavy (non-hydrogen) atoms. The smallest absolute Gasteiger partial charge is 0.335 e. The Labute approximate surface area is 282 Å². The third kappa shape index (κ3) is 4.97. The summed E-state index contributed by atoms with van der Waals surface area (Å²) < 4.78 is 0. The maximum atomic E-state index is 14.2. The van der Waals surface area contributed by atoms with E-state index in [0.29, 0.717) is 48.2 Å². The largest absolute Gasteiger partial charge is 0.478 e. The summed E-state index contributed by atoms with van der Waals surface area (Å²) in [6.45, 7) is 21.8. The molecule has 4 saturated carbocycles. The van der Waals surface area contributed by atoms with Crippen molar-refractivity contribution in [3.63, 3.8) is 0 Å². The number of allylic oxidation sites excluding steroid dienone is 3. The van der Waals surface area contributed by atoms with Gasteiger partial charge in [0.15, 0.2) is 0 Å². The zero-order valence-corrected chi connectivity index (χ0v) is 29.9. The van der Waals surface area contributed by atoms with E-state index in [2.05, 4.69) is 64.8 Å². The van der Waals surface area contributed by atoms with Crippen LogP contribution in [0.1, 0.15) is 122 Å². The Morgan fingerprint density at radius 2 is 1.51 bits per heavy atom. The second kappa shape index (κ2) is 11.6. The minimum absolute atomic E-state index is 0.0234. The van der Waals surface area contributed by atoms with Gasteiger partial charge < -0.3 is 15.7 Å². The minimum atomic E-state index is -0.883. The highest BCUT2D eigenvalue weighted by molar-refractivity contribution is 5.88. The molecule has 0 spiro atoms. The summed E-state index contributed by atoms with van der Waals surface area (Å²) in [6.07, 6.45) is 12.3. The molecule has 5 aliphatic carbocycles. The normalized spacial score (nSPS) is 40.1. The summed E-state index contributed by atoms with van der Waals surface area (Å²) in [6, 6.07) is 7.50. The standard InChI is InChI=1S/C41H58N2O4/c1-25(2)29-15-20-41(36(47)43-24-23-42-26(3)44)22-21-39(7)31(34(29)41)13-14-33-38(6)18-16-30(27-9-11-28(12-10-27)35(45)46)37(4,5)32(38)17-19-40(33,39)8/h9-12,16,29,31-34H,1,13-15,17-24H2,2-8H3,(H,42,44)(H,43,47)(H,45,46)/t29-,31?,32?,33?,34?,38-,39+,40+,41-/m0/s1. The molecule has 9 atom stereocenters. The fraction of sp³-hybridized carbons (Fsp3) is 0.683. The number of nitrogens with one attached hydrogen (secondary N) is 2. The molecule has 0 saturated heterocycles. The van der Waals surface area contributed by atoms with Crippen molar-refractivity contribution in [1.29, 1.82) is 0 Å². The number of fused-ring (bicyclic) bond motifs is 7. The van der Waals surface area contributed by atoms with E-state index in [1.807, 2.05) is 12.1 Å². The van der Waals surface area contributed by atoms with Crippen LogP contribution in [0.2, 0.25) is 0 Å². The minimum Gasteiger partial charge on any atom is -0.478 e. The lowest BCUT2D eigenvalue weighted by Gasteiger charge is -2.72. The third-order valence-electron chi connectivity index (χ3n) is 15.3. The molecule has 0 heterocycles. The molecular weight excluding hydrogens is 584 g/mol. The van der Waals surface area contributed by atoms with Gasteiger partial charge >= 0.3 is 5.97 Å². The van der Waals surface area contributed by atoms with Gasteiger partial charge in [-0.25, -0.2) is 4.79 Å². The van der Waals surface area contributed by atoms with Crippen LogP contribution >= 0.6 is 0 Å². The van der Waals surface area contributed by atoms with E-state index in [1.54, 1.807) is 12.1 Å². The van der Waals surface area contributed by atoms with Crippen LogP contribution in [-0.2, 0) is 9.59 Å². The first-order chi connectivity index (χ1) is 22.0. The number of carbonyl (C=O) groups is 3. The maximum absolute atomic E-state index is 14.2. The van der Waals surface area contributed by atoms with E-state index >= 15 is 0 Å². The number of carbonyl (C=O) groups excluding carboxylic acids is 2. The van der Waals surface area contributed by atoms with Crippen molar-refractivity contribution in [3.05, 3.63) is 53.6 Å². The van der Waals surface area contributed by atoms with E-state index < -0.39 is 5.97 Å². The van der Waals surface area contributed by atoms with E-state index in [0.717, 1.165) is 37.7 Å². The number of carboxylic acids is 1. The summed E-state index contributed by atoms with van der Waals surface area (Å²) in [7, 11) is 0. The van der Waals surface area contributed by atoms with Gasteiger partial charge in [0.25, 0.3) is 0 Å². The monoisotopic (exact) mass is 642 g/mol. The Bertz CT molecular complexity index is 1490. The Morgan fingerprint density at radius 1 is 0.830 bits per heavy atom. The van der Waals surface area contributed by atoms with Gasteiger partial charge in [0.05, 0.1) is 11.0 Å². The molecule has 4 unspecified atom stereocenters. The van der Waals surface area contributed by atoms with E-state index in [-0.39, 0.29) is 38.9 Å². The van der Waals surface area contributed by atoms with Crippen LogP contribution in [-0.4, -0.2) is 36.0 Å². The zero-order chi connectivity index (χ0) is 34.2. The van der Waals surface area contributed by atoms with Crippen LogP contribution in [0.25, 0.3) is 5.57 Å². The highest BCUT2D eigenvalue weighted by Crippen LogP contribution is 2.77. The molecule has 1 aromatic carbocycles. The van der Waals surface area contributed by atoms with Crippen molar-refractivity contribution >= 4 is 23.4 Å². The molecule has 256 valence electrons. The fourth-order valence-corrected chi connectivity index (χ4v) is 13.0. The molecule has 3 N–H and O–H groups in total.